The van der Waals surface area contributed by atoms with Crippen molar-refractivity contribution >= 4 is 17.7 Å². The van der Waals surface area contributed by atoms with E-state index in [1.807, 2.05) is 20.8 Å². The van der Waals surface area contributed by atoms with Crippen molar-refractivity contribution in [1.29, 1.82) is 0 Å². The van der Waals surface area contributed by atoms with Gasteiger partial charge in [-0.3, -0.25) is 0 Å². The van der Waals surface area contributed by atoms with Crippen LogP contribution in [0, 0.1) is 5.82 Å². The summed E-state index contributed by atoms with van der Waals surface area (Å²) in [6, 6.07) is 3.92. The molecule has 0 aliphatic rings. The first-order chi connectivity index (χ1) is 9.58. The number of rotatable bonds is 5. The molecule has 0 amide bonds. The molecule has 1 rings (SSSR count). The van der Waals surface area contributed by atoms with Gasteiger partial charge in [0.2, 0.25) is 0 Å². The number of methoxy groups -OCH3 is 1. The molecule has 0 unspecified atom stereocenters. The number of benzene rings is 1. The number of halogens is 3. The van der Waals surface area contributed by atoms with E-state index in [1.165, 1.54) is 24.1 Å². The van der Waals surface area contributed by atoms with Crippen LogP contribution < -0.4 is 0 Å². The summed E-state index contributed by atoms with van der Waals surface area (Å²) in [5, 5.41) is 0. The van der Waals surface area contributed by atoms with Crippen LogP contribution in [0.15, 0.2) is 22.6 Å². The molecule has 0 saturated heterocycles. The molecule has 0 fully saturated rings. The standard InChI is InChI=1S/C15H20F3NOS/c1-10(19-21-14(2,3)4)11-7-6-8-12(13(11)16)15(17,18)9-20-5/h6-8H,9H2,1-5H3/b19-10+. The van der Waals surface area contributed by atoms with E-state index in [0.717, 1.165) is 13.2 Å². The Morgan fingerprint density at radius 2 is 1.90 bits per heavy atom. The van der Waals surface area contributed by atoms with Gasteiger partial charge in [0.15, 0.2) is 0 Å². The average molecular weight is 319 g/mol. The molecule has 0 bridgehead atoms. The highest BCUT2D eigenvalue weighted by Gasteiger charge is 2.35. The largest absolute Gasteiger partial charge is 0.378 e. The van der Waals surface area contributed by atoms with Gasteiger partial charge in [0, 0.05) is 17.4 Å². The van der Waals surface area contributed by atoms with Crippen LogP contribution in [0.25, 0.3) is 0 Å². The topological polar surface area (TPSA) is 21.6 Å². The molecule has 21 heavy (non-hydrogen) atoms. The van der Waals surface area contributed by atoms with Crippen LogP contribution in [0.1, 0.15) is 38.8 Å². The molecule has 0 heterocycles. The van der Waals surface area contributed by atoms with Crippen LogP contribution in [-0.4, -0.2) is 24.2 Å². The lowest BCUT2D eigenvalue weighted by molar-refractivity contribution is -0.0721. The smallest absolute Gasteiger partial charge is 0.298 e. The maximum atomic E-state index is 14.3. The van der Waals surface area contributed by atoms with Crippen LogP contribution in [0.3, 0.4) is 0 Å². The maximum Gasteiger partial charge on any atom is 0.298 e. The SMILES string of the molecule is COCC(F)(F)c1cccc(/C(C)=N/SC(C)(C)C)c1F. The van der Waals surface area contributed by atoms with Crippen molar-refractivity contribution in [3.8, 4) is 0 Å². The van der Waals surface area contributed by atoms with Gasteiger partial charge >= 0.3 is 0 Å². The summed E-state index contributed by atoms with van der Waals surface area (Å²) in [4.78, 5) is 0. The van der Waals surface area contributed by atoms with E-state index in [4.69, 9.17) is 0 Å². The molecule has 6 heteroatoms. The van der Waals surface area contributed by atoms with Crippen LogP contribution in [-0.2, 0) is 10.7 Å². The maximum absolute atomic E-state index is 14.3. The lowest BCUT2D eigenvalue weighted by Gasteiger charge is -2.18. The van der Waals surface area contributed by atoms with E-state index in [9.17, 15) is 13.2 Å². The summed E-state index contributed by atoms with van der Waals surface area (Å²) >= 11 is 1.28. The summed E-state index contributed by atoms with van der Waals surface area (Å²) in [5.74, 6) is -4.32. The van der Waals surface area contributed by atoms with Crippen LogP contribution in [0.4, 0.5) is 13.2 Å². The Morgan fingerprint density at radius 3 is 2.43 bits per heavy atom. The number of nitrogens with zero attached hydrogens (tertiary/aromatic N) is 1. The van der Waals surface area contributed by atoms with Crippen molar-refractivity contribution in [3.05, 3.63) is 35.1 Å². The number of hydrogen-bond acceptors (Lipinski definition) is 3. The van der Waals surface area contributed by atoms with Gasteiger partial charge in [-0.05, 0) is 45.7 Å². The van der Waals surface area contributed by atoms with Crippen LogP contribution in [0.5, 0.6) is 0 Å². The molecule has 1 aromatic rings. The molecule has 0 saturated carbocycles. The van der Waals surface area contributed by atoms with E-state index in [2.05, 4.69) is 9.13 Å². The van der Waals surface area contributed by atoms with Gasteiger partial charge < -0.3 is 4.74 Å². The van der Waals surface area contributed by atoms with Gasteiger partial charge in [-0.25, -0.2) is 8.79 Å². The summed E-state index contributed by atoms with van der Waals surface area (Å²) < 4.78 is 50.5. The van der Waals surface area contributed by atoms with Crippen molar-refractivity contribution < 1.29 is 17.9 Å². The van der Waals surface area contributed by atoms with Crippen molar-refractivity contribution in [3.63, 3.8) is 0 Å². The Balaban J connectivity index is 3.17. The minimum atomic E-state index is -3.37. The lowest BCUT2D eigenvalue weighted by Crippen LogP contribution is -2.22. The molecule has 2 nitrogen and oxygen atoms in total. The molecule has 0 N–H and O–H groups in total. The van der Waals surface area contributed by atoms with E-state index < -0.39 is 23.9 Å². The van der Waals surface area contributed by atoms with E-state index >= 15 is 0 Å². The third-order valence-corrected chi connectivity index (χ3v) is 3.48. The lowest BCUT2D eigenvalue weighted by atomic mass is 10.0. The second-order valence-electron chi connectivity index (χ2n) is 5.68. The third kappa shape index (κ3) is 5.04. The van der Waals surface area contributed by atoms with Crippen molar-refractivity contribution in [2.24, 2.45) is 4.40 Å². The molecule has 0 radical (unpaired) electrons. The Morgan fingerprint density at radius 1 is 1.29 bits per heavy atom. The van der Waals surface area contributed by atoms with Gasteiger partial charge in [0.05, 0.1) is 11.3 Å². The van der Waals surface area contributed by atoms with E-state index in [1.54, 1.807) is 6.92 Å². The van der Waals surface area contributed by atoms with Gasteiger partial charge in [0.1, 0.15) is 12.4 Å². The molecular formula is C15H20F3NOS. The first kappa shape index (κ1) is 18.0. The fourth-order valence-corrected chi connectivity index (χ4v) is 2.12. The summed E-state index contributed by atoms with van der Waals surface area (Å²) in [5.41, 5.74) is -0.209. The van der Waals surface area contributed by atoms with E-state index in [0.29, 0.717) is 5.71 Å². The molecule has 118 valence electrons. The Bertz CT molecular complexity index is 524. The molecule has 0 atom stereocenters. The van der Waals surface area contributed by atoms with Crippen molar-refractivity contribution in [2.75, 3.05) is 13.7 Å². The van der Waals surface area contributed by atoms with E-state index in [-0.39, 0.29) is 10.3 Å². The van der Waals surface area contributed by atoms with Crippen LogP contribution >= 0.6 is 11.9 Å². The fraction of sp³-hybridized carbons (Fsp3) is 0.533. The monoisotopic (exact) mass is 319 g/mol. The predicted octanol–water partition coefficient (Wildman–Crippen LogP) is 4.82. The molecule has 0 aromatic heterocycles. The highest BCUT2D eigenvalue weighted by Crippen LogP contribution is 2.32. The second-order valence-corrected chi connectivity index (χ2v) is 7.27. The van der Waals surface area contributed by atoms with Crippen molar-refractivity contribution in [2.45, 2.75) is 38.4 Å². The average Bonchev–Trinajstić information content (AvgIpc) is 2.35. The minimum absolute atomic E-state index is 0.0834. The Hall–Kier alpha value is -1.01. The number of ether oxygens (including phenoxy) is 1. The first-order valence-electron chi connectivity index (χ1n) is 6.47. The van der Waals surface area contributed by atoms with Gasteiger partial charge in [-0.2, -0.15) is 8.78 Å². The zero-order valence-corrected chi connectivity index (χ0v) is 13.7. The second kappa shape index (κ2) is 6.83. The molecular weight excluding hydrogens is 299 g/mol. The zero-order valence-electron chi connectivity index (χ0n) is 12.8. The number of alkyl halides is 2. The summed E-state index contributed by atoms with van der Waals surface area (Å²) in [6.07, 6.45) is 0. The fourth-order valence-electron chi connectivity index (χ4n) is 1.61. The highest BCUT2D eigenvalue weighted by molar-refractivity contribution is 7.99. The third-order valence-electron chi connectivity index (χ3n) is 2.56. The normalized spacial score (nSPS) is 13.6. The van der Waals surface area contributed by atoms with Crippen LogP contribution in [0.2, 0.25) is 0 Å². The van der Waals surface area contributed by atoms with Gasteiger partial charge in [0.25, 0.3) is 5.92 Å². The predicted molar refractivity (Wildman–Crippen MR) is 81.7 cm³/mol. The Labute approximate surface area is 127 Å². The minimum Gasteiger partial charge on any atom is -0.378 e. The molecule has 0 aliphatic heterocycles. The summed E-state index contributed by atoms with van der Waals surface area (Å²) in [7, 11) is 1.16. The molecule has 1 aromatic carbocycles. The Kier molecular flexibility index (Phi) is 5.87. The highest BCUT2D eigenvalue weighted by atomic mass is 32.2. The number of hydrogen-bond donors (Lipinski definition) is 0. The van der Waals surface area contributed by atoms with Gasteiger partial charge in [-0.15, -0.1) is 0 Å². The van der Waals surface area contributed by atoms with Crippen molar-refractivity contribution in [1.82, 2.24) is 0 Å². The molecule has 0 spiro atoms. The zero-order chi connectivity index (χ0) is 16.3. The van der Waals surface area contributed by atoms with Gasteiger partial charge in [-0.1, -0.05) is 12.1 Å². The summed E-state index contributed by atoms with van der Waals surface area (Å²) in [6.45, 7) is 6.64. The quantitative estimate of drug-likeness (QED) is 0.573. The first-order valence-corrected chi connectivity index (χ1v) is 7.25. The molecule has 0 aliphatic carbocycles.